The van der Waals surface area contributed by atoms with E-state index in [2.05, 4.69) is 28.2 Å². The zero-order valence-electron chi connectivity index (χ0n) is 14.6. The van der Waals surface area contributed by atoms with Gasteiger partial charge in [0.15, 0.2) is 0 Å². The number of nitrogens with one attached hydrogen (secondary N) is 1. The number of amides is 1. The van der Waals surface area contributed by atoms with E-state index in [-0.39, 0.29) is 18.1 Å². The van der Waals surface area contributed by atoms with Gasteiger partial charge in [-0.25, -0.2) is 0 Å². The molecule has 3 aliphatic rings. The highest BCUT2D eigenvalue weighted by Crippen LogP contribution is 2.23. The van der Waals surface area contributed by atoms with E-state index in [4.69, 9.17) is 4.74 Å². The maximum atomic E-state index is 12.4. The summed E-state index contributed by atoms with van der Waals surface area (Å²) in [6, 6.07) is 0.365. The van der Waals surface area contributed by atoms with Crippen molar-refractivity contribution < 1.29 is 9.53 Å². The molecular weight excluding hydrogens is 290 g/mol. The molecule has 2 fully saturated rings. The average Bonchev–Trinajstić information content (AvgIpc) is 3.00. The van der Waals surface area contributed by atoms with Gasteiger partial charge in [0.05, 0.1) is 18.8 Å². The van der Waals surface area contributed by atoms with Crippen LogP contribution in [0, 0.1) is 0 Å². The highest BCUT2D eigenvalue weighted by Gasteiger charge is 2.41. The molecule has 3 unspecified atom stereocenters. The largest absolute Gasteiger partial charge is 0.374 e. The molecule has 5 nitrogen and oxygen atoms in total. The van der Waals surface area contributed by atoms with Crippen molar-refractivity contribution in [2.75, 3.05) is 39.8 Å². The van der Waals surface area contributed by atoms with Crippen molar-refractivity contribution in [2.24, 2.45) is 0 Å². The minimum absolute atomic E-state index is 0.0714. The maximum Gasteiger partial charge on any atom is 0.237 e. The van der Waals surface area contributed by atoms with Crippen LogP contribution in [0.25, 0.3) is 0 Å². The van der Waals surface area contributed by atoms with Gasteiger partial charge in [0, 0.05) is 32.2 Å². The molecule has 0 aromatic heterocycles. The molecule has 2 heterocycles. The smallest absolute Gasteiger partial charge is 0.237 e. The van der Waals surface area contributed by atoms with Crippen LogP contribution in [0.15, 0.2) is 11.6 Å². The molecular formula is C18H31N3O2. The highest BCUT2D eigenvalue weighted by molar-refractivity contribution is 5.81. The standard InChI is InChI=1S/C18H31N3O2/c1-14(18(22)19-9-8-15-6-4-3-5-7-15)21-12-16-17(13-21)23-11-10-20(16)2/h6,14,16-17H,3-5,7-13H2,1-2H3,(H,19,22). The van der Waals surface area contributed by atoms with Gasteiger partial charge in [-0.3, -0.25) is 14.6 Å². The number of ether oxygens (including phenoxy) is 1. The topological polar surface area (TPSA) is 44.8 Å². The van der Waals surface area contributed by atoms with Gasteiger partial charge < -0.3 is 10.1 Å². The minimum atomic E-state index is -0.0714. The molecule has 0 aromatic rings. The predicted molar refractivity (Wildman–Crippen MR) is 91.4 cm³/mol. The van der Waals surface area contributed by atoms with E-state index in [9.17, 15) is 4.79 Å². The Morgan fingerprint density at radius 3 is 3.04 bits per heavy atom. The molecule has 0 aromatic carbocycles. The Balaban J connectivity index is 1.43. The molecule has 2 aliphatic heterocycles. The lowest BCUT2D eigenvalue weighted by Gasteiger charge is -2.33. The second-order valence-electron chi connectivity index (χ2n) is 7.24. The van der Waals surface area contributed by atoms with Crippen LogP contribution in [-0.2, 0) is 9.53 Å². The van der Waals surface area contributed by atoms with Crippen molar-refractivity contribution in [2.45, 2.75) is 57.2 Å². The molecule has 1 aliphatic carbocycles. The Labute approximate surface area is 140 Å². The highest BCUT2D eigenvalue weighted by atomic mass is 16.5. The molecule has 0 radical (unpaired) electrons. The number of rotatable bonds is 5. The molecule has 0 saturated carbocycles. The summed E-state index contributed by atoms with van der Waals surface area (Å²) in [5.74, 6) is 0.155. The number of morpholine rings is 1. The number of hydrogen-bond donors (Lipinski definition) is 1. The van der Waals surface area contributed by atoms with E-state index in [0.29, 0.717) is 6.04 Å². The summed E-state index contributed by atoms with van der Waals surface area (Å²) in [5.41, 5.74) is 1.52. The number of nitrogens with zero attached hydrogens (tertiary/aromatic N) is 2. The third-order valence-corrected chi connectivity index (χ3v) is 5.66. The van der Waals surface area contributed by atoms with Crippen LogP contribution in [0.1, 0.15) is 39.0 Å². The van der Waals surface area contributed by atoms with Crippen LogP contribution in [0.2, 0.25) is 0 Å². The van der Waals surface area contributed by atoms with E-state index in [1.165, 1.54) is 31.3 Å². The van der Waals surface area contributed by atoms with Crippen LogP contribution in [0.4, 0.5) is 0 Å². The average molecular weight is 321 g/mol. The third-order valence-electron chi connectivity index (χ3n) is 5.66. The fourth-order valence-electron chi connectivity index (χ4n) is 3.99. The van der Waals surface area contributed by atoms with Crippen molar-refractivity contribution in [3.63, 3.8) is 0 Å². The number of fused-ring (bicyclic) bond motifs is 1. The molecule has 3 rings (SSSR count). The SMILES string of the molecule is CC(C(=O)NCCC1=CCCCC1)N1CC2OCCN(C)C2C1. The molecule has 5 heteroatoms. The second kappa shape index (κ2) is 7.77. The van der Waals surface area contributed by atoms with E-state index in [1.54, 1.807) is 0 Å². The first kappa shape index (κ1) is 16.9. The summed E-state index contributed by atoms with van der Waals surface area (Å²) < 4.78 is 5.87. The Bertz CT molecular complexity index is 452. The van der Waals surface area contributed by atoms with Crippen LogP contribution in [0.3, 0.4) is 0 Å². The van der Waals surface area contributed by atoms with Crippen LogP contribution < -0.4 is 5.32 Å². The monoisotopic (exact) mass is 321 g/mol. The molecule has 0 bridgehead atoms. The quantitative estimate of drug-likeness (QED) is 0.778. The van der Waals surface area contributed by atoms with Gasteiger partial charge >= 0.3 is 0 Å². The van der Waals surface area contributed by atoms with Gasteiger partial charge in [0.2, 0.25) is 5.91 Å². The van der Waals surface area contributed by atoms with Gasteiger partial charge in [-0.05, 0) is 46.1 Å². The zero-order chi connectivity index (χ0) is 16.2. The van der Waals surface area contributed by atoms with Gasteiger partial charge in [0.1, 0.15) is 0 Å². The number of carbonyl (C=O) groups is 1. The van der Waals surface area contributed by atoms with Gasteiger partial charge in [0.25, 0.3) is 0 Å². The third kappa shape index (κ3) is 4.14. The minimum Gasteiger partial charge on any atom is -0.374 e. The maximum absolute atomic E-state index is 12.4. The molecule has 2 saturated heterocycles. The molecule has 1 N–H and O–H groups in total. The first-order valence-corrected chi connectivity index (χ1v) is 9.16. The van der Waals surface area contributed by atoms with E-state index < -0.39 is 0 Å². The normalized spacial score (nSPS) is 30.6. The Kier molecular flexibility index (Phi) is 5.72. The number of hydrogen-bond acceptors (Lipinski definition) is 4. The molecule has 23 heavy (non-hydrogen) atoms. The molecule has 1 amide bonds. The number of likely N-dealkylation sites (N-methyl/N-ethyl adjacent to an activating group) is 1. The first-order chi connectivity index (χ1) is 11.1. The number of likely N-dealkylation sites (tertiary alicyclic amines) is 1. The predicted octanol–water partition coefficient (Wildman–Crippen LogP) is 1.40. The Morgan fingerprint density at radius 1 is 1.43 bits per heavy atom. The van der Waals surface area contributed by atoms with Crippen molar-refractivity contribution in [1.82, 2.24) is 15.1 Å². The fourth-order valence-corrected chi connectivity index (χ4v) is 3.99. The summed E-state index contributed by atoms with van der Waals surface area (Å²) in [6.45, 7) is 6.39. The second-order valence-corrected chi connectivity index (χ2v) is 7.24. The Hall–Kier alpha value is -0.910. The van der Waals surface area contributed by atoms with E-state index in [0.717, 1.165) is 39.2 Å². The Morgan fingerprint density at radius 2 is 2.30 bits per heavy atom. The number of allylic oxidation sites excluding steroid dienone is 1. The van der Waals surface area contributed by atoms with E-state index in [1.807, 2.05) is 6.92 Å². The first-order valence-electron chi connectivity index (χ1n) is 9.16. The van der Waals surface area contributed by atoms with Crippen LogP contribution in [0.5, 0.6) is 0 Å². The van der Waals surface area contributed by atoms with E-state index >= 15 is 0 Å². The van der Waals surface area contributed by atoms with Crippen molar-refractivity contribution in [3.05, 3.63) is 11.6 Å². The number of carbonyl (C=O) groups excluding carboxylic acids is 1. The molecule has 3 atom stereocenters. The van der Waals surface area contributed by atoms with Gasteiger partial charge in [-0.15, -0.1) is 0 Å². The van der Waals surface area contributed by atoms with Crippen molar-refractivity contribution >= 4 is 5.91 Å². The van der Waals surface area contributed by atoms with Gasteiger partial charge in [-0.2, -0.15) is 0 Å². The lowest BCUT2D eigenvalue weighted by Crippen LogP contribution is -2.48. The summed E-state index contributed by atoms with van der Waals surface area (Å²) in [6.07, 6.45) is 8.68. The van der Waals surface area contributed by atoms with Crippen molar-refractivity contribution in [3.8, 4) is 0 Å². The summed E-state index contributed by atoms with van der Waals surface area (Å²) in [4.78, 5) is 17.1. The summed E-state index contributed by atoms with van der Waals surface area (Å²) in [5, 5.41) is 3.12. The van der Waals surface area contributed by atoms with Gasteiger partial charge in [-0.1, -0.05) is 11.6 Å². The zero-order valence-corrected chi connectivity index (χ0v) is 14.6. The molecule has 0 spiro atoms. The van der Waals surface area contributed by atoms with Crippen LogP contribution >= 0.6 is 0 Å². The molecule has 130 valence electrons. The fraction of sp³-hybridized carbons (Fsp3) is 0.833. The summed E-state index contributed by atoms with van der Waals surface area (Å²) in [7, 11) is 2.16. The lowest BCUT2D eigenvalue weighted by atomic mass is 9.97. The lowest BCUT2D eigenvalue weighted by molar-refractivity contribution is -0.125. The summed E-state index contributed by atoms with van der Waals surface area (Å²) >= 11 is 0. The van der Waals surface area contributed by atoms with Crippen LogP contribution in [-0.4, -0.2) is 73.7 Å². The van der Waals surface area contributed by atoms with Crippen molar-refractivity contribution in [1.29, 1.82) is 0 Å².